The summed E-state index contributed by atoms with van der Waals surface area (Å²) in [6.07, 6.45) is 1.11. The first-order chi connectivity index (χ1) is 8.52. The van der Waals surface area contributed by atoms with Crippen molar-refractivity contribution in [3.8, 4) is 0 Å². The molecule has 1 atom stereocenters. The first kappa shape index (κ1) is 13.4. The highest BCUT2D eigenvalue weighted by Gasteiger charge is 2.29. The highest BCUT2D eigenvalue weighted by molar-refractivity contribution is 5.54. The van der Waals surface area contributed by atoms with Crippen molar-refractivity contribution >= 4 is 5.69 Å². The number of nitrogens with one attached hydrogen (secondary N) is 1. The summed E-state index contributed by atoms with van der Waals surface area (Å²) in [5.74, 6) is 0. The molecule has 1 aromatic rings. The van der Waals surface area contributed by atoms with Crippen molar-refractivity contribution in [3.63, 3.8) is 0 Å². The van der Waals surface area contributed by atoms with E-state index in [1.165, 1.54) is 11.3 Å². The molecule has 1 aromatic carbocycles. The van der Waals surface area contributed by atoms with Crippen molar-refractivity contribution in [1.29, 1.82) is 0 Å². The molecule has 1 aliphatic heterocycles. The molecule has 1 fully saturated rings. The minimum absolute atomic E-state index is 0.319. The zero-order valence-electron chi connectivity index (χ0n) is 12.2. The Morgan fingerprint density at radius 1 is 1.28 bits per heavy atom. The average Bonchev–Trinajstić information content (AvgIpc) is 2.38. The molecular weight excluding hydrogens is 220 g/mol. The van der Waals surface area contributed by atoms with Crippen molar-refractivity contribution in [2.24, 2.45) is 5.41 Å². The predicted octanol–water partition coefficient (Wildman–Crippen LogP) is 3.07. The predicted molar refractivity (Wildman–Crippen MR) is 79.3 cm³/mol. The number of aryl methyl sites for hydroxylation is 1. The van der Waals surface area contributed by atoms with E-state index in [9.17, 15) is 0 Å². The molecule has 0 saturated carbocycles. The van der Waals surface area contributed by atoms with Gasteiger partial charge < -0.3 is 10.2 Å². The van der Waals surface area contributed by atoms with E-state index in [4.69, 9.17) is 0 Å². The van der Waals surface area contributed by atoms with E-state index < -0.39 is 0 Å². The number of piperazine rings is 1. The maximum atomic E-state index is 3.65. The molecule has 0 spiro atoms. The van der Waals surface area contributed by atoms with Crippen LogP contribution in [0.4, 0.5) is 5.69 Å². The van der Waals surface area contributed by atoms with E-state index in [1.54, 1.807) is 0 Å². The van der Waals surface area contributed by atoms with Crippen LogP contribution in [-0.4, -0.2) is 25.7 Å². The molecule has 1 unspecified atom stereocenters. The van der Waals surface area contributed by atoms with Gasteiger partial charge in [0.2, 0.25) is 0 Å². The lowest BCUT2D eigenvalue weighted by Gasteiger charge is -2.42. The molecule has 1 saturated heterocycles. The van der Waals surface area contributed by atoms with Crippen LogP contribution in [0.15, 0.2) is 24.3 Å². The van der Waals surface area contributed by atoms with Crippen LogP contribution in [0, 0.1) is 5.41 Å². The first-order valence-corrected chi connectivity index (χ1v) is 7.08. The molecule has 2 rings (SSSR count). The summed E-state index contributed by atoms with van der Waals surface area (Å²) in [7, 11) is 0. The number of hydrogen-bond donors (Lipinski definition) is 1. The van der Waals surface area contributed by atoms with Gasteiger partial charge in [0.1, 0.15) is 0 Å². The third-order valence-electron chi connectivity index (χ3n) is 3.93. The van der Waals surface area contributed by atoms with E-state index in [2.05, 4.69) is 62.2 Å². The maximum Gasteiger partial charge on any atom is 0.0399 e. The highest BCUT2D eigenvalue weighted by atomic mass is 15.2. The van der Waals surface area contributed by atoms with Gasteiger partial charge in [-0.25, -0.2) is 0 Å². The Morgan fingerprint density at radius 3 is 2.67 bits per heavy atom. The monoisotopic (exact) mass is 246 g/mol. The number of anilines is 1. The second-order valence-electron chi connectivity index (χ2n) is 6.30. The standard InChI is InChI=1S/C16H26N2/c1-5-13-8-6-7-9-14(13)18-11-10-17-15(12-18)16(2,3)4/h6-9,15,17H,5,10-12H2,1-4H3. The quantitative estimate of drug-likeness (QED) is 0.862. The molecule has 0 bridgehead atoms. The van der Waals surface area contributed by atoms with Crippen molar-refractivity contribution in [2.75, 3.05) is 24.5 Å². The number of hydrogen-bond acceptors (Lipinski definition) is 2. The molecule has 0 aliphatic carbocycles. The zero-order valence-corrected chi connectivity index (χ0v) is 12.2. The van der Waals surface area contributed by atoms with E-state index >= 15 is 0 Å². The van der Waals surface area contributed by atoms with Crippen LogP contribution in [0.3, 0.4) is 0 Å². The lowest BCUT2D eigenvalue weighted by atomic mass is 9.85. The van der Waals surface area contributed by atoms with Crippen molar-refractivity contribution in [3.05, 3.63) is 29.8 Å². The SMILES string of the molecule is CCc1ccccc1N1CCNC(C(C)(C)C)C1. The van der Waals surface area contributed by atoms with Crippen LogP contribution in [-0.2, 0) is 6.42 Å². The summed E-state index contributed by atoms with van der Waals surface area (Å²) >= 11 is 0. The largest absolute Gasteiger partial charge is 0.368 e. The Labute approximate surface area is 111 Å². The van der Waals surface area contributed by atoms with E-state index in [1.807, 2.05) is 0 Å². The van der Waals surface area contributed by atoms with Gasteiger partial charge >= 0.3 is 0 Å². The number of rotatable bonds is 2. The number of benzene rings is 1. The minimum Gasteiger partial charge on any atom is -0.368 e. The highest BCUT2D eigenvalue weighted by Crippen LogP contribution is 2.27. The molecular formula is C16H26N2. The van der Waals surface area contributed by atoms with Gasteiger partial charge in [0.25, 0.3) is 0 Å². The van der Waals surface area contributed by atoms with Gasteiger partial charge in [-0.15, -0.1) is 0 Å². The van der Waals surface area contributed by atoms with Gasteiger partial charge in [0, 0.05) is 31.4 Å². The van der Waals surface area contributed by atoms with Gasteiger partial charge in [0.05, 0.1) is 0 Å². The minimum atomic E-state index is 0.319. The second kappa shape index (κ2) is 5.31. The fraction of sp³-hybridized carbons (Fsp3) is 0.625. The van der Waals surface area contributed by atoms with Crippen LogP contribution in [0.2, 0.25) is 0 Å². The van der Waals surface area contributed by atoms with Gasteiger partial charge in [-0.05, 0) is 23.5 Å². The van der Waals surface area contributed by atoms with E-state index in [0.717, 1.165) is 26.1 Å². The maximum absolute atomic E-state index is 3.65. The van der Waals surface area contributed by atoms with Crippen molar-refractivity contribution < 1.29 is 0 Å². The Hall–Kier alpha value is -1.02. The molecule has 0 aromatic heterocycles. The Bertz CT molecular complexity index is 392. The van der Waals surface area contributed by atoms with Gasteiger partial charge in [-0.2, -0.15) is 0 Å². The van der Waals surface area contributed by atoms with Gasteiger partial charge in [-0.3, -0.25) is 0 Å². The third-order valence-corrected chi connectivity index (χ3v) is 3.93. The average molecular weight is 246 g/mol. The first-order valence-electron chi connectivity index (χ1n) is 7.08. The molecule has 18 heavy (non-hydrogen) atoms. The Kier molecular flexibility index (Phi) is 3.96. The summed E-state index contributed by atoms with van der Waals surface area (Å²) in [5.41, 5.74) is 3.21. The number of nitrogens with zero attached hydrogens (tertiary/aromatic N) is 1. The normalized spacial score (nSPS) is 21.1. The zero-order chi connectivity index (χ0) is 13.2. The van der Waals surface area contributed by atoms with Crippen LogP contribution in [0.5, 0.6) is 0 Å². The lowest BCUT2D eigenvalue weighted by molar-refractivity contribution is 0.254. The molecule has 0 radical (unpaired) electrons. The van der Waals surface area contributed by atoms with E-state index in [0.29, 0.717) is 11.5 Å². The third kappa shape index (κ3) is 2.86. The molecule has 1 heterocycles. The molecule has 1 N–H and O–H groups in total. The fourth-order valence-corrected chi connectivity index (χ4v) is 2.67. The van der Waals surface area contributed by atoms with Crippen LogP contribution >= 0.6 is 0 Å². The van der Waals surface area contributed by atoms with Crippen molar-refractivity contribution in [2.45, 2.75) is 40.2 Å². The van der Waals surface area contributed by atoms with Crippen LogP contribution < -0.4 is 10.2 Å². The van der Waals surface area contributed by atoms with E-state index in [-0.39, 0.29) is 0 Å². The Balaban J connectivity index is 2.18. The van der Waals surface area contributed by atoms with Gasteiger partial charge in [0.15, 0.2) is 0 Å². The van der Waals surface area contributed by atoms with Crippen LogP contribution in [0.25, 0.3) is 0 Å². The smallest absolute Gasteiger partial charge is 0.0399 e. The summed E-state index contributed by atoms with van der Waals surface area (Å²) in [6.45, 7) is 12.5. The molecule has 2 nitrogen and oxygen atoms in total. The number of para-hydroxylation sites is 1. The fourth-order valence-electron chi connectivity index (χ4n) is 2.67. The van der Waals surface area contributed by atoms with Crippen LogP contribution in [0.1, 0.15) is 33.3 Å². The topological polar surface area (TPSA) is 15.3 Å². The van der Waals surface area contributed by atoms with Crippen molar-refractivity contribution in [1.82, 2.24) is 5.32 Å². The summed E-state index contributed by atoms with van der Waals surface area (Å²) in [4.78, 5) is 2.55. The summed E-state index contributed by atoms with van der Waals surface area (Å²) < 4.78 is 0. The molecule has 2 heteroatoms. The summed E-state index contributed by atoms with van der Waals surface area (Å²) in [6, 6.07) is 9.39. The molecule has 100 valence electrons. The lowest BCUT2D eigenvalue weighted by Crippen LogP contribution is -2.56. The second-order valence-corrected chi connectivity index (χ2v) is 6.30. The molecule has 1 aliphatic rings. The summed E-state index contributed by atoms with van der Waals surface area (Å²) in [5, 5.41) is 3.65. The van der Waals surface area contributed by atoms with Gasteiger partial charge in [-0.1, -0.05) is 45.9 Å². The Morgan fingerprint density at radius 2 is 2.00 bits per heavy atom. The molecule has 0 amide bonds.